The van der Waals surface area contributed by atoms with Crippen molar-refractivity contribution in [2.75, 3.05) is 0 Å². The Morgan fingerprint density at radius 2 is 1.39 bits per heavy atom. The minimum atomic E-state index is 0.775. The van der Waals surface area contributed by atoms with Gasteiger partial charge in [0.2, 0.25) is 0 Å². The number of carbonyl (C=O) groups is 1. The standard InChI is InChI=1S/C9H20.C8H8O/c1-3-5-7-9-8-6-4-2;1-7-4-2-3-5-8(7)6-9/h3-9H2,1-2H3;2-6H,1H3. The summed E-state index contributed by atoms with van der Waals surface area (Å²) in [5.74, 6) is 0. The molecule has 0 aliphatic heterocycles. The first-order valence-electron chi connectivity index (χ1n) is 7.27. The van der Waals surface area contributed by atoms with Gasteiger partial charge in [0.25, 0.3) is 0 Å². The Labute approximate surface area is 113 Å². The Morgan fingerprint density at radius 1 is 0.889 bits per heavy atom. The van der Waals surface area contributed by atoms with E-state index in [4.69, 9.17) is 0 Å². The molecule has 1 rings (SSSR count). The van der Waals surface area contributed by atoms with Crippen LogP contribution in [0, 0.1) is 6.92 Å². The van der Waals surface area contributed by atoms with Crippen molar-refractivity contribution in [1.82, 2.24) is 0 Å². The molecule has 1 heteroatoms. The first-order valence-corrected chi connectivity index (χ1v) is 7.27. The Hall–Kier alpha value is -1.11. The van der Waals surface area contributed by atoms with Crippen molar-refractivity contribution in [2.45, 2.75) is 65.7 Å². The van der Waals surface area contributed by atoms with Crippen molar-refractivity contribution in [1.29, 1.82) is 0 Å². The lowest BCUT2D eigenvalue weighted by Gasteiger charge is -1.96. The number of hydrogen-bond donors (Lipinski definition) is 0. The Balaban J connectivity index is 0.000000321. The summed E-state index contributed by atoms with van der Waals surface area (Å²) in [4.78, 5) is 10.2. The molecular weight excluding hydrogens is 220 g/mol. The van der Waals surface area contributed by atoms with E-state index in [0.29, 0.717) is 0 Å². The lowest BCUT2D eigenvalue weighted by Crippen LogP contribution is -1.82. The van der Waals surface area contributed by atoms with E-state index in [1.807, 2.05) is 31.2 Å². The van der Waals surface area contributed by atoms with Crippen LogP contribution < -0.4 is 0 Å². The molecule has 0 aliphatic carbocycles. The van der Waals surface area contributed by atoms with Crippen molar-refractivity contribution in [3.63, 3.8) is 0 Å². The molecule has 0 saturated carbocycles. The maximum atomic E-state index is 10.2. The number of hydrogen-bond acceptors (Lipinski definition) is 1. The summed E-state index contributed by atoms with van der Waals surface area (Å²) >= 11 is 0. The molecule has 0 heterocycles. The molecule has 0 saturated heterocycles. The summed E-state index contributed by atoms with van der Waals surface area (Å²) in [6.45, 7) is 6.45. The quantitative estimate of drug-likeness (QED) is 0.456. The van der Waals surface area contributed by atoms with Gasteiger partial charge in [-0.2, -0.15) is 0 Å². The number of aldehydes is 1. The van der Waals surface area contributed by atoms with E-state index >= 15 is 0 Å². The van der Waals surface area contributed by atoms with E-state index in [9.17, 15) is 4.79 Å². The summed E-state index contributed by atoms with van der Waals surface area (Å²) in [7, 11) is 0. The monoisotopic (exact) mass is 248 g/mol. The van der Waals surface area contributed by atoms with Crippen LogP contribution in [0.1, 0.15) is 74.7 Å². The predicted octanol–water partition coefficient (Wildman–Crippen LogP) is 5.56. The highest BCUT2D eigenvalue weighted by atomic mass is 16.1. The molecule has 102 valence electrons. The number of carbonyl (C=O) groups excluding carboxylic acids is 1. The zero-order chi connectivity index (χ0) is 13.6. The average Bonchev–Trinajstić information content (AvgIpc) is 2.40. The molecule has 0 N–H and O–H groups in total. The van der Waals surface area contributed by atoms with E-state index in [0.717, 1.165) is 17.4 Å². The summed E-state index contributed by atoms with van der Waals surface area (Å²) in [6, 6.07) is 7.51. The van der Waals surface area contributed by atoms with Crippen LogP contribution in [0.3, 0.4) is 0 Å². The first kappa shape index (κ1) is 16.9. The minimum absolute atomic E-state index is 0.775. The molecule has 0 amide bonds. The normalized spacial score (nSPS) is 9.50. The van der Waals surface area contributed by atoms with E-state index < -0.39 is 0 Å². The third-order valence-corrected chi connectivity index (χ3v) is 3.02. The molecule has 0 spiro atoms. The Morgan fingerprint density at radius 3 is 1.78 bits per heavy atom. The summed E-state index contributed by atoms with van der Waals surface area (Å²) in [6.07, 6.45) is 10.8. The summed E-state index contributed by atoms with van der Waals surface area (Å²) < 4.78 is 0. The number of aryl methyl sites for hydroxylation is 1. The maximum Gasteiger partial charge on any atom is 0.150 e. The molecule has 0 aliphatic rings. The van der Waals surface area contributed by atoms with Crippen LogP contribution in [0.15, 0.2) is 24.3 Å². The fourth-order valence-corrected chi connectivity index (χ4v) is 1.75. The minimum Gasteiger partial charge on any atom is -0.298 e. The van der Waals surface area contributed by atoms with Gasteiger partial charge in [-0.25, -0.2) is 0 Å². The van der Waals surface area contributed by atoms with Gasteiger partial charge < -0.3 is 0 Å². The molecule has 1 aromatic carbocycles. The highest BCUT2D eigenvalue weighted by Gasteiger charge is 1.90. The fourth-order valence-electron chi connectivity index (χ4n) is 1.75. The number of benzene rings is 1. The molecule has 0 fully saturated rings. The Bertz CT molecular complexity index is 298. The molecule has 1 aromatic rings. The van der Waals surface area contributed by atoms with Gasteiger partial charge in [0.1, 0.15) is 6.29 Å². The predicted molar refractivity (Wildman–Crippen MR) is 80.2 cm³/mol. The molecule has 0 aromatic heterocycles. The van der Waals surface area contributed by atoms with Crippen molar-refractivity contribution in [2.24, 2.45) is 0 Å². The van der Waals surface area contributed by atoms with Crippen LogP contribution >= 0.6 is 0 Å². The van der Waals surface area contributed by atoms with E-state index in [1.165, 1.54) is 44.9 Å². The molecule has 1 nitrogen and oxygen atoms in total. The van der Waals surface area contributed by atoms with Gasteiger partial charge in [-0.05, 0) is 12.5 Å². The third-order valence-electron chi connectivity index (χ3n) is 3.02. The van der Waals surface area contributed by atoms with Gasteiger partial charge in [0, 0.05) is 5.56 Å². The van der Waals surface area contributed by atoms with Crippen molar-refractivity contribution >= 4 is 6.29 Å². The average molecular weight is 248 g/mol. The van der Waals surface area contributed by atoms with Crippen molar-refractivity contribution in [3.8, 4) is 0 Å². The zero-order valence-corrected chi connectivity index (χ0v) is 12.2. The molecule has 18 heavy (non-hydrogen) atoms. The highest BCUT2D eigenvalue weighted by molar-refractivity contribution is 5.76. The van der Waals surface area contributed by atoms with Crippen LogP contribution in [0.25, 0.3) is 0 Å². The summed E-state index contributed by atoms with van der Waals surface area (Å²) in [5, 5.41) is 0. The lowest BCUT2D eigenvalue weighted by atomic mass is 10.1. The van der Waals surface area contributed by atoms with Gasteiger partial charge in [-0.3, -0.25) is 4.79 Å². The summed E-state index contributed by atoms with van der Waals surface area (Å²) in [5.41, 5.74) is 1.81. The topological polar surface area (TPSA) is 17.1 Å². The van der Waals surface area contributed by atoms with Crippen LogP contribution in [0.2, 0.25) is 0 Å². The second-order valence-corrected chi connectivity index (χ2v) is 4.74. The van der Waals surface area contributed by atoms with Crippen LogP contribution in [-0.4, -0.2) is 6.29 Å². The second-order valence-electron chi connectivity index (χ2n) is 4.74. The van der Waals surface area contributed by atoms with Crippen molar-refractivity contribution in [3.05, 3.63) is 35.4 Å². The smallest absolute Gasteiger partial charge is 0.150 e. The van der Waals surface area contributed by atoms with E-state index in [1.54, 1.807) is 0 Å². The van der Waals surface area contributed by atoms with E-state index in [2.05, 4.69) is 13.8 Å². The van der Waals surface area contributed by atoms with Crippen molar-refractivity contribution < 1.29 is 4.79 Å². The van der Waals surface area contributed by atoms with E-state index in [-0.39, 0.29) is 0 Å². The number of unbranched alkanes of at least 4 members (excludes halogenated alkanes) is 6. The largest absolute Gasteiger partial charge is 0.298 e. The second kappa shape index (κ2) is 12.3. The van der Waals surface area contributed by atoms with Crippen LogP contribution in [-0.2, 0) is 0 Å². The third kappa shape index (κ3) is 8.98. The SMILES string of the molecule is CCCCCCCCC.Cc1ccccc1C=O. The van der Waals surface area contributed by atoms with Gasteiger partial charge in [0.15, 0.2) is 0 Å². The molecule has 0 unspecified atom stereocenters. The van der Waals surface area contributed by atoms with Gasteiger partial charge >= 0.3 is 0 Å². The molecule has 0 atom stereocenters. The van der Waals surface area contributed by atoms with Crippen LogP contribution in [0.4, 0.5) is 0 Å². The zero-order valence-electron chi connectivity index (χ0n) is 12.2. The number of rotatable bonds is 7. The molecule has 0 bridgehead atoms. The first-order chi connectivity index (χ1) is 8.76. The molecule has 0 radical (unpaired) electrons. The lowest BCUT2D eigenvalue weighted by molar-refractivity contribution is 0.112. The van der Waals surface area contributed by atoms with Gasteiger partial charge in [-0.15, -0.1) is 0 Å². The molecular formula is C17H28O. The highest BCUT2D eigenvalue weighted by Crippen LogP contribution is 2.05. The van der Waals surface area contributed by atoms with Gasteiger partial charge in [0.05, 0.1) is 0 Å². The Kier molecular flexibility index (Phi) is 11.6. The van der Waals surface area contributed by atoms with Crippen LogP contribution in [0.5, 0.6) is 0 Å². The maximum absolute atomic E-state index is 10.2. The fraction of sp³-hybridized carbons (Fsp3) is 0.588. The van der Waals surface area contributed by atoms with Gasteiger partial charge in [-0.1, -0.05) is 83.1 Å².